The highest BCUT2D eigenvalue weighted by Crippen LogP contribution is 2.31. The highest BCUT2D eigenvalue weighted by atomic mass is 79.9. The molecular formula is C16H13BrN2O2. The lowest BCUT2D eigenvalue weighted by molar-refractivity contribution is -0.115. The Kier molecular flexibility index (Phi) is 3.75. The monoisotopic (exact) mass is 344 g/mol. The zero-order valence-electron chi connectivity index (χ0n) is 11.4. The maximum absolute atomic E-state index is 12.0. The molecule has 4 nitrogen and oxygen atoms in total. The molecule has 1 aliphatic rings. The predicted molar refractivity (Wildman–Crippen MR) is 86.6 cm³/mol. The third kappa shape index (κ3) is 2.83. The molecule has 1 N–H and O–H groups in total. The van der Waals surface area contributed by atoms with Gasteiger partial charge in [-0.25, -0.2) is 0 Å². The number of nitrogens with one attached hydrogen (secondary N) is 1. The van der Waals surface area contributed by atoms with Crippen molar-refractivity contribution < 1.29 is 9.53 Å². The van der Waals surface area contributed by atoms with Crippen molar-refractivity contribution in [3.8, 4) is 5.75 Å². The molecule has 0 atom stereocenters. The molecule has 2 aromatic rings. The van der Waals surface area contributed by atoms with Crippen molar-refractivity contribution in [1.82, 2.24) is 0 Å². The highest BCUT2D eigenvalue weighted by Gasteiger charge is 2.17. The van der Waals surface area contributed by atoms with Crippen LogP contribution >= 0.6 is 15.9 Å². The second-order valence-electron chi connectivity index (χ2n) is 4.65. The molecule has 0 aromatic heterocycles. The van der Waals surface area contributed by atoms with Crippen LogP contribution in [0.25, 0.3) is 0 Å². The van der Waals surface area contributed by atoms with Crippen LogP contribution in [0.1, 0.15) is 12.0 Å². The summed E-state index contributed by atoms with van der Waals surface area (Å²) in [5, 5.41) is 2.87. The Balaban J connectivity index is 2.07. The fraction of sp³-hybridized carbons (Fsp3) is 0.125. The summed E-state index contributed by atoms with van der Waals surface area (Å²) in [6.07, 6.45) is 0.244. The van der Waals surface area contributed by atoms with Crippen molar-refractivity contribution in [3.05, 3.63) is 52.5 Å². The molecule has 0 fully saturated rings. The number of halogens is 1. The molecule has 3 rings (SSSR count). The quantitative estimate of drug-likeness (QED) is 0.897. The fourth-order valence-corrected chi connectivity index (χ4v) is 2.76. The third-order valence-electron chi connectivity index (χ3n) is 3.25. The first-order valence-corrected chi connectivity index (χ1v) is 7.27. The molecule has 2 aromatic carbocycles. The molecule has 0 spiro atoms. The van der Waals surface area contributed by atoms with Crippen LogP contribution < -0.4 is 10.1 Å². The lowest BCUT2D eigenvalue weighted by atomic mass is 10.1. The summed E-state index contributed by atoms with van der Waals surface area (Å²) < 4.78 is 6.06. The van der Waals surface area contributed by atoms with Gasteiger partial charge in [-0.3, -0.25) is 9.79 Å². The number of carbonyl (C=O) groups excluding carboxylic acids is 1. The first kappa shape index (κ1) is 13.8. The Labute approximate surface area is 131 Å². The lowest BCUT2D eigenvalue weighted by Gasteiger charge is -2.07. The van der Waals surface area contributed by atoms with E-state index in [1.807, 2.05) is 42.5 Å². The van der Waals surface area contributed by atoms with Crippen LogP contribution in [-0.2, 0) is 4.79 Å². The van der Waals surface area contributed by atoms with Gasteiger partial charge < -0.3 is 10.1 Å². The molecule has 1 heterocycles. The molecule has 1 amide bonds. The van der Waals surface area contributed by atoms with Crippen molar-refractivity contribution in [3.63, 3.8) is 0 Å². The number of amides is 1. The van der Waals surface area contributed by atoms with Gasteiger partial charge >= 0.3 is 0 Å². The Bertz CT molecular complexity index is 741. The number of hydrogen-bond acceptors (Lipinski definition) is 3. The third-order valence-corrected chi connectivity index (χ3v) is 3.87. The number of methoxy groups -OCH3 is 1. The van der Waals surface area contributed by atoms with Crippen LogP contribution in [0.2, 0.25) is 0 Å². The number of rotatable bonds is 2. The average Bonchev–Trinajstić information content (AvgIpc) is 2.65. The van der Waals surface area contributed by atoms with Gasteiger partial charge in [0.1, 0.15) is 5.75 Å². The van der Waals surface area contributed by atoms with Gasteiger partial charge in [0, 0.05) is 0 Å². The van der Waals surface area contributed by atoms with Crippen LogP contribution in [-0.4, -0.2) is 18.7 Å². The van der Waals surface area contributed by atoms with E-state index in [9.17, 15) is 4.79 Å². The van der Waals surface area contributed by atoms with Gasteiger partial charge in [-0.1, -0.05) is 12.1 Å². The number of aliphatic imine (C=N–C) groups is 1. The molecule has 5 heteroatoms. The molecule has 0 aliphatic carbocycles. The van der Waals surface area contributed by atoms with E-state index >= 15 is 0 Å². The van der Waals surface area contributed by atoms with E-state index in [4.69, 9.17) is 4.74 Å². The minimum atomic E-state index is -0.0642. The zero-order chi connectivity index (χ0) is 14.8. The normalized spacial score (nSPS) is 13.8. The minimum absolute atomic E-state index is 0.0642. The minimum Gasteiger partial charge on any atom is -0.496 e. The summed E-state index contributed by atoms with van der Waals surface area (Å²) in [4.78, 5) is 16.6. The smallest absolute Gasteiger partial charge is 0.230 e. The largest absolute Gasteiger partial charge is 0.496 e. The standard InChI is InChI=1S/C16H13BrN2O2/c1-21-15-7-6-10(8-11(15)17)14-9-16(20)19-13-5-3-2-4-12(13)18-14/h2-8H,9H2,1H3,(H,19,20). The molecule has 0 radical (unpaired) electrons. The number of anilines is 1. The maximum atomic E-state index is 12.0. The number of carbonyl (C=O) groups is 1. The Morgan fingerprint density at radius 3 is 2.81 bits per heavy atom. The molecule has 0 saturated carbocycles. The number of benzene rings is 2. The van der Waals surface area contributed by atoms with Gasteiger partial charge in [0.05, 0.1) is 35.1 Å². The highest BCUT2D eigenvalue weighted by molar-refractivity contribution is 9.10. The van der Waals surface area contributed by atoms with Crippen LogP contribution in [0, 0.1) is 0 Å². The first-order chi connectivity index (χ1) is 10.2. The van der Waals surface area contributed by atoms with Crippen molar-refractivity contribution in [2.75, 3.05) is 12.4 Å². The molecule has 0 unspecified atom stereocenters. The Morgan fingerprint density at radius 1 is 1.24 bits per heavy atom. The van der Waals surface area contributed by atoms with Crippen molar-refractivity contribution >= 4 is 38.9 Å². The molecule has 106 valence electrons. The topological polar surface area (TPSA) is 50.7 Å². The van der Waals surface area contributed by atoms with Crippen molar-refractivity contribution in [2.45, 2.75) is 6.42 Å². The summed E-state index contributed by atoms with van der Waals surface area (Å²) in [6.45, 7) is 0. The Morgan fingerprint density at radius 2 is 2.05 bits per heavy atom. The van der Waals surface area contributed by atoms with E-state index in [-0.39, 0.29) is 12.3 Å². The van der Waals surface area contributed by atoms with Crippen molar-refractivity contribution in [1.29, 1.82) is 0 Å². The predicted octanol–water partition coefficient (Wildman–Crippen LogP) is 3.92. The van der Waals surface area contributed by atoms with Crippen LogP contribution in [0.3, 0.4) is 0 Å². The number of hydrogen-bond donors (Lipinski definition) is 1. The molecule has 1 aliphatic heterocycles. The van der Waals surface area contributed by atoms with Crippen LogP contribution in [0.15, 0.2) is 51.9 Å². The molecule has 0 bridgehead atoms. The van der Waals surface area contributed by atoms with E-state index in [1.54, 1.807) is 7.11 Å². The summed E-state index contributed by atoms with van der Waals surface area (Å²) >= 11 is 3.46. The van der Waals surface area contributed by atoms with Gasteiger partial charge in [-0.2, -0.15) is 0 Å². The second-order valence-corrected chi connectivity index (χ2v) is 5.50. The maximum Gasteiger partial charge on any atom is 0.230 e. The van der Waals surface area contributed by atoms with E-state index in [0.717, 1.165) is 32.9 Å². The van der Waals surface area contributed by atoms with E-state index in [1.165, 1.54) is 0 Å². The average molecular weight is 345 g/mol. The number of nitrogens with zero attached hydrogens (tertiary/aromatic N) is 1. The lowest BCUT2D eigenvalue weighted by Crippen LogP contribution is -2.14. The zero-order valence-corrected chi connectivity index (χ0v) is 13.0. The summed E-state index contributed by atoms with van der Waals surface area (Å²) in [7, 11) is 1.62. The van der Waals surface area contributed by atoms with Crippen molar-refractivity contribution in [2.24, 2.45) is 4.99 Å². The fourth-order valence-electron chi connectivity index (χ4n) is 2.22. The SMILES string of the molecule is COc1ccc(C2=Nc3ccccc3NC(=O)C2)cc1Br. The van der Waals surface area contributed by atoms with Gasteiger partial charge in [-0.15, -0.1) is 0 Å². The molecular weight excluding hydrogens is 332 g/mol. The molecule has 0 saturated heterocycles. The first-order valence-electron chi connectivity index (χ1n) is 6.48. The van der Waals surface area contributed by atoms with Crippen LogP contribution in [0.5, 0.6) is 5.75 Å². The molecule has 21 heavy (non-hydrogen) atoms. The van der Waals surface area contributed by atoms with E-state index in [0.29, 0.717) is 0 Å². The van der Waals surface area contributed by atoms with Gasteiger partial charge in [0.15, 0.2) is 0 Å². The summed E-state index contributed by atoms with van der Waals surface area (Å²) in [5.41, 5.74) is 3.14. The number of ether oxygens (including phenoxy) is 1. The number of fused-ring (bicyclic) bond motifs is 1. The Hall–Kier alpha value is -2.14. The van der Waals surface area contributed by atoms with E-state index in [2.05, 4.69) is 26.2 Å². The summed E-state index contributed by atoms with van der Waals surface area (Å²) in [5.74, 6) is 0.684. The van der Waals surface area contributed by atoms with Gasteiger partial charge in [-0.05, 0) is 51.8 Å². The van der Waals surface area contributed by atoms with Gasteiger partial charge in [0.25, 0.3) is 0 Å². The number of para-hydroxylation sites is 2. The van der Waals surface area contributed by atoms with E-state index < -0.39 is 0 Å². The summed E-state index contributed by atoms with van der Waals surface area (Å²) in [6, 6.07) is 13.2. The van der Waals surface area contributed by atoms with Crippen LogP contribution in [0.4, 0.5) is 11.4 Å². The second kappa shape index (κ2) is 5.69. The van der Waals surface area contributed by atoms with Gasteiger partial charge in [0.2, 0.25) is 5.91 Å².